The number of hydrogen-bond acceptors (Lipinski definition) is 4. The van der Waals surface area contributed by atoms with Gasteiger partial charge in [-0.05, 0) is 47.6 Å². The van der Waals surface area contributed by atoms with Crippen molar-refractivity contribution >= 4 is 28.7 Å². The standard InChI is InChI=1S/C24H23N3O2S/c1-28-22-14-13-18(15-23(22)29-2)21-16-20(17-9-5-3-6-10-17)26-27(21)24(30)25-19-11-7-4-8-12-19/h3-15,21H,16H2,1-2H3,(H,25,30). The van der Waals surface area contributed by atoms with Crippen molar-refractivity contribution in [2.75, 3.05) is 19.5 Å². The molecule has 1 N–H and O–H groups in total. The van der Waals surface area contributed by atoms with Gasteiger partial charge in [-0.3, -0.25) is 0 Å². The van der Waals surface area contributed by atoms with Crippen molar-refractivity contribution in [2.24, 2.45) is 5.10 Å². The number of hydrogen-bond donors (Lipinski definition) is 1. The number of nitrogens with one attached hydrogen (secondary N) is 1. The molecule has 0 amide bonds. The average molecular weight is 418 g/mol. The molecule has 4 rings (SSSR count). The fraction of sp³-hybridized carbons (Fsp3) is 0.167. The first-order valence-corrected chi connectivity index (χ1v) is 10.1. The molecule has 0 saturated carbocycles. The fourth-order valence-electron chi connectivity index (χ4n) is 3.52. The van der Waals surface area contributed by atoms with E-state index in [1.54, 1.807) is 14.2 Å². The Hall–Kier alpha value is -3.38. The van der Waals surface area contributed by atoms with Crippen molar-refractivity contribution in [2.45, 2.75) is 12.5 Å². The second-order valence-electron chi connectivity index (χ2n) is 6.89. The Labute approximate surface area is 181 Å². The topological polar surface area (TPSA) is 46.1 Å². The molecule has 5 nitrogen and oxygen atoms in total. The molecule has 0 bridgehead atoms. The zero-order valence-corrected chi connectivity index (χ0v) is 17.7. The largest absolute Gasteiger partial charge is 0.493 e. The number of anilines is 1. The van der Waals surface area contributed by atoms with Crippen LogP contribution in [-0.4, -0.2) is 30.1 Å². The molecule has 0 spiro atoms. The third kappa shape index (κ3) is 4.14. The van der Waals surface area contributed by atoms with Crippen LogP contribution in [0.25, 0.3) is 0 Å². The van der Waals surface area contributed by atoms with E-state index in [-0.39, 0.29) is 6.04 Å². The first kappa shape index (κ1) is 19.9. The van der Waals surface area contributed by atoms with Gasteiger partial charge >= 0.3 is 0 Å². The van der Waals surface area contributed by atoms with Crippen LogP contribution in [0.2, 0.25) is 0 Å². The maximum atomic E-state index is 5.74. The highest BCUT2D eigenvalue weighted by atomic mass is 32.1. The third-order valence-corrected chi connectivity index (χ3v) is 5.33. The summed E-state index contributed by atoms with van der Waals surface area (Å²) in [4.78, 5) is 0. The van der Waals surface area contributed by atoms with Crippen LogP contribution in [0.3, 0.4) is 0 Å². The minimum atomic E-state index is -0.0521. The lowest BCUT2D eigenvalue weighted by Crippen LogP contribution is -2.31. The number of benzene rings is 3. The quantitative estimate of drug-likeness (QED) is 0.575. The van der Waals surface area contributed by atoms with Crippen LogP contribution < -0.4 is 14.8 Å². The summed E-state index contributed by atoms with van der Waals surface area (Å²) in [6.45, 7) is 0. The summed E-state index contributed by atoms with van der Waals surface area (Å²) in [5.74, 6) is 1.38. The molecular formula is C24H23N3O2S. The molecule has 1 unspecified atom stereocenters. The Morgan fingerprint density at radius 3 is 2.27 bits per heavy atom. The van der Waals surface area contributed by atoms with Gasteiger partial charge in [-0.15, -0.1) is 0 Å². The van der Waals surface area contributed by atoms with E-state index >= 15 is 0 Å². The molecule has 3 aromatic rings. The summed E-state index contributed by atoms with van der Waals surface area (Å²) < 4.78 is 10.9. The normalized spacial score (nSPS) is 15.5. The first-order valence-electron chi connectivity index (χ1n) is 9.69. The highest BCUT2D eigenvalue weighted by Crippen LogP contribution is 2.37. The maximum Gasteiger partial charge on any atom is 0.194 e. The molecular weight excluding hydrogens is 394 g/mol. The van der Waals surface area contributed by atoms with Crippen molar-refractivity contribution in [1.29, 1.82) is 0 Å². The molecule has 30 heavy (non-hydrogen) atoms. The van der Waals surface area contributed by atoms with Crippen molar-refractivity contribution in [3.63, 3.8) is 0 Å². The Kier molecular flexibility index (Phi) is 5.95. The van der Waals surface area contributed by atoms with Gasteiger partial charge in [-0.1, -0.05) is 54.6 Å². The molecule has 1 heterocycles. The summed E-state index contributed by atoms with van der Waals surface area (Å²) in [6.07, 6.45) is 0.732. The molecule has 152 valence electrons. The molecule has 0 saturated heterocycles. The van der Waals surface area contributed by atoms with Gasteiger partial charge in [0.15, 0.2) is 16.6 Å². The molecule has 1 atom stereocenters. The van der Waals surface area contributed by atoms with Gasteiger partial charge in [0.2, 0.25) is 0 Å². The van der Waals surface area contributed by atoms with E-state index in [2.05, 4.69) is 17.4 Å². The van der Waals surface area contributed by atoms with Gasteiger partial charge in [-0.25, -0.2) is 5.01 Å². The Bertz CT molecular complexity index is 1050. The smallest absolute Gasteiger partial charge is 0.194 e. The Morgan fingerprint density at radius 2 is 1.60 bits per heavy atom. The van der Waals surface area contributed by atoms with Crippen LogP contribution in [0, 0.1) is 0 Å². The summed E-state index contributed by atoms with van der Waals surface area (Å²) in [5.41, 5.74) is 4.07. The minimum Gasteiger partial charge on any atom is -0.493 e. The molecule has 6 heteroatoms. The van der Waals surface area contributed by atoms with E-state index in [0.29, 0.717) is 16.6 Å². The molecule has 0 aliphatic carbocycles. The van der Waals surface area contributed by atoms with Crippen LogP contribution in [0.4, 0.5) is 5.69 Å². The van der Waals surface area contributed by atoms with E-state index < -0.39 is 0 Å². The van der Waals surface area contributed by atoms with Gasteiger partial charge in [0.1, 0.15) is 0 Å². The number of nitrogens with zero attached hydrogens (tertiary/aromatic N) is 2. The van der Waals surface area contributed by atoms with Crippen LogP contribution in [0.1, 0.15) is 23.6 Å². The van der Waals surface area contributed by atoms with Crippen molar-refractivity contribution in [3.8, 4) is 11.5 Å². The van der Waals surface area contributed by atoms with E-state index in [0.717, 1.165) is 28.9 Å². The second kappa shape index (κ2) is 8.97. The van der Waals surface area contributed by atoms with Crippen molar-refractivity contribution < 1.29 is 9.47 Å². The highest BCUT2D eigenvalue weighted by molar-refractivity contribution is 7.80. The minimum absolute atomic E-state index is 0.0521. The third-order valence-electron chi connectivity index (χ3n) is 5.04. The predicted octanol–water partition coefficient (Wildman–Crippen LogP) is 5.25. The number of ether oxygens (including phenoxy) is 2. The zero-order valence-electron chi connectivity index (χ0n) is 16.9. The van der Waals surface area contributed by atoms with Gasteiger partial charge in [-0.2, -0.15) is 5.10 Å². The number of methoxy groups -OCH3 is 2. The van der Waals surface area contributed by atoms with Crippen LogP contribution in [0.15, 0.2) is 84.0 Å². The van der Waals surface area contributed by atoms with Gasteiger partial charge in [0.05, 0.1) is 26.0 Å². The molecule has 3 aromatic carbocycles. The number of thiocarbonyl (C=S) groups is 1. The molecule has 0 radical (unpaired) electrons. The van der Waals surface area contributed by atoms with Crippen molar-refractivity contribution in [1.82, 2.24) is 5.01 Å². The van der Waals surface area contributed by atoms with Gasteiger partial charge in [0, 0.05) is 12.1 Å². The van der Waals surface area contributed by atoms with Crippen molar-refractivity contribution in [3.05, 3.63) is 90.0 Å². The Morgan fingerprint density at radius 1 is 0.933 bits per heavy atom. The van der Waals surface area contributed by atoms with E-state index in [9.17, 15) is 0 Å². The van der Waals surface area contributed by atoms with Gasteiger partial charge < -0.3 is 14.8 Å². The SMILES string of the molecule is COc1ccc(C2CC(c3ccccc3)=NN2C(=S)Nc2ccccc2)cc1OC. The average Bonchev–Trinajstić information content (AvgIpc) is 3.25. The van der Waals surface area contributed by atoms with E-state index in [4.69, 9.17) is 26.8 Å². The lowest BCUT2D eigenvalue weighted by Gasteiger charge is -2.25. The van der Waals surface area contributed by atoms with Gasteiger partial charge in [0.25, 0.3) is 0 Å². The fourth-order valence-corrected chi connectivity index (χ4v) is 3.81. The van der Waals surface area contributed by atoms with Crippen LogP contribution in [0.5, 0.6) is 11.5 Å². The molecule has 1 aliphatic rings. The number of rotatable bonds is 5. The first-order chi connectivity index (χ1) is 14.7. The number of para-hydroxylation sites is 1. The van der Waals surface area contributed by atoms with E-state index in [1.807, 2.05) is 71.7 Å². The van der Waals surface area contributed by atoms with Crippen LogP contribution in [-0.2, 0) is 0 Å². The summed E-state index contributed by atoms with van der Waals surface area (Å²) >= 11 is 5.74. The lowest BCUT2D eigenvalue weighted by molar-refractivity contribution is 0.348. The molecule has 0 aromatic heterocycles. The summed E-state index contributed by atoms with van der Waals surface area (Å²) in [6, 6.07) is 26.0. The monoisotopic (exact) mass is 417 g/mol. The predicted molar refractivity (Wildman–Crippen MR) is 124 cm³/mol. The van der Waals surface area contributed by atoms with E-state index in [1.165, 1.54) is 0 Å². The maximum absolute atomic E-state index is 5.74. The molecule has 0 fully saturated rings. The zero-order chi connectivity index (χ0) is 20.9. The highest BCUT2D eigenvalue weighted by Gasteiger charge is 2.32. The lowest BCUT2D eigenvalue weighted by atomic mass is 9.98. The second-order valence-corrected chi connectivity index (χ2v) is 7.27. The Balaban J connectivity index is 1.68. The van der Waals surface area contributed by atoms with Crippen LogP contribution >= 0.6 is 12.2 Å². The summed E-state index contributed by atoms with van der Waals surface area (Å²) in [5, 5.41) is 10.6. The molecule has 1 aliphatic heterocycles. The number of hydrazone groups is 1. The summed E-state index contributed by atoms with van der Waals surface area (Å²) in [7, 11) is 3.27.